The lowest BCUT2D eigenvalue weighted by atomic mass is 10.1. The van der Waals surface area contributed by atoms with Crippen LogP contribution in [0, 0.1) is 0 Å². The molecule has 1 heterocycles. The van der Waals surface area contributed by atoms with Crippen LogP contribution in [0.15, 0.2) is 60.8 Å². The molecule has 94 valence electrons. The fourth-order valence-corrected chi connectivity index (χ4v) is 2.10. The van der Waals surface area contributed by atoms with Crippen molar-refractivity contribution in [2.24, 2.45) is 0 Å². The molecule has 1 aromatic heterocycles. The summed E-state index contributed by atoms with van der Waals surface area (Å²) in [5, 5.41) is 8.22. The molecule has 0 aliphatic heterocycles. The highest BCUT2D eigenvalue weighted by Gasteiger charge is 2.07. The number of hydrogen-bond acceptors (Lipinski definition) is 2. The van der Waals surface area contributed by atoms with E-state index in [1.165, 1.54) is 5.56 Å². The number of rotatable bonds is 3. The Bertz CT molecular complexity index is 654. The van der Waals surface area contributed by atoms with Gasteiger partial charge in [0.05, 0.1) is 17.6 Å². The zero-order valence-electron chi connectivity index (χ0n) is 10.8. The predicted octanol–water partition coefficient (Wildman–Crippen LogP) is 3.50. The monoisotopic (exact) mass is 249 g/mol. The summed E-state index contributed by atoms with van der Waals surface area (Å²) in [6.07, 6.45) is 2.84. The molecule has 0 atom stereocenters. The molecular formula is C16H15N3. The second-order valence-electron chi connectivity index (χ2n) is 4.42. The van der Waals surface area contributed by atoms with Crippen molar-refractivity contribution in [1.82, 2.24) is 15.0 Å². The minimum Gasteiger partial charge on any atom is -0.213 e. The molecule has 0 radical (unpaired) electrons. The van der Waals surface area contributed by atoms with Gasteiger partial charge in [-0.15, -0.1) is 5.10 Å². The summed E-state index contributed by atoms with van der Waals surface area (Å²) in [5.41, 5.74) is 4.48. The molecule has 0 unspecified atom stereocenters. The minimum absolute atomic E-state index is 1.00. The van der Waals surface area contributed by atoms with E-state index in [9.17, 15) is 0 Å². The molecule has 0 saturated carbocycles. The molecule has 3 rings (SSSR count). The van der Waals surface area contributed by atoms with Crippen LogP contribution in [0.3, 0.4) is 0 Å². The zero-order chi connectivity index (χ0) is 13.1. The SMILES string of the molecule is CCc1ccc(-n2nncc2-c2ccccc2)cc1. The standard InChI is InChI=1S/C16H15N3/c1-2-13-8-10-15(11-9-13)19-16(12-17-18-19)14-6-4-3-5-7-14/h3-12H,2H2,1H3. The van der Waals surface area contributed by atoms with Crippen LogP contribution in [0.25, 0.3) is 16.9 Å². The molecule has 3 heteroatoms. The lowest BCUT2D eigenvalue weighted by Gasteiger charge is -2.06. The first-order chi connectivity index (χ1) is 9.38. The van der Waals surface area contributed by atoms with E-state index in [1.807, 2.05) is 22.9 Å². The summed E-state index contributed by atoms with van der Waals surface area (Å²) in [6, 6.07) is 18.6. The second-order valence-corrected chi connectivity index (χ2v) is 4.42. The Morgan fingerprint density at radius 3 is 2.37 bits per heavy atom. The van der Waals surface area contributed by atoms with Crippen molar-refractivity contribution >= 4 is 0 Å². The Kier molecular flexibility index (Phi) is 3.11. The van der Waals surface area contributed by atoms with Crippen molar-refractivity contribution in [3.8, 4) is 16.9 Å². The summed E-state index contributed by atoms with van der Waals surface area (Å²) in [4.78, 5) is 0. The number of benzene rings is 2. The van der Waals surface area contributed by atoms with Gasteiger partial charge in [0.25, 0.3) is 0 Å². The lowest BCUT2D eigenvalue weighted by molar-refractivity contribution is 0.807. The maximum Gasteiger partial charge on any atom is 0.0944 e. The Balaban J connectivity index is 2.04. The number of aryl methyl sites for hydroxylation is 1. The third kappa shape index (κ3) is 2.27. The normalized spacial score (nSPS) is 10.6. The van der Waals surface area contributed by atoms with Crippen molar-refractivity contribution in [3.63, 3.8) is 0 Å². The average molecular weight is 249 g/mol. The van der Waals surface area contributed by atoms with Gasteiger partial charge in [-0.25, -0.2) is 4.68 Å². The molecule has 0 aliphatic rings. The van der Waals surface area contributed by atoms with E-state index in [0.717, 1.165) is 23.4 Å². The number of hydrogen-bond donors (Lipinski definition) is 0. The summed E-state index contributed by atoms with van der Waals surface area (Å²) in [6.45, 7) is 2.15. The quantitative estimate of drug-likeness (QED) is 0.711. The first kappa shape index (κ1) is 11.7. The van der Waals surface area contributed by atoms with E-state index in [4.69, 9.17) is 0 Å². The van der Waals surface area contributed by atoms with Crippen molar-refractivity contribution in [3.05, 3.63) is 66.4 Å². The van der Waals surface area contributed by atoms with Gasteiger partial charge in [-0.2, -0.15) is 0 Å². The first-order valence-electron chi connectivity index (χ1n) is 6.44. The molecule has 2 aromatic carbocycles. The van der Waals surface area contributed by atoms with Crippen molar-refractivity contribution in [2.75, 3.05) is 0 Å². The molecule has 0 saturated heterocycles. The average Bonchev–Trinajstić information content (AvgIpc) is 2.98. The minimum atomic E-state index is 1.00. The van der Waals surface area contributed by atoms with Gasteiger partial charge in [0.15, 0.2) is 0 Å². The Morgan fingerprint density at radius 1 is 0.947 bits per heavy atom. The molecule has 19 heavy (non-hydrogen) atoms. The Morgan fingerprint density at radius 2 is 1.68 bits per heavy atom. The van der Waals surface area contributed by atoms with E-state index in [0.29, 0.717) is 0 Å². The van der Waals surface area contributed by atoms with Crippen LogP contribution in [0.4, 0.5) is 0 Å². The summed E-state index contributed by atoms with van der Waals surface area (Å²) in [7, 11) is 0. The molecule has 0 spiro atoms. The van der Waals surface area contributed by atoms with E-state index in [-0.39, 0.29) is 0 Å². The Labute approximate surface area is 112 Å². The topological polar surface area (TPSA) is 30.7 Å². The maximum absolute atomic E-state index is 4.18. The van der Waals surface area contributed by atoms with Crippen molar-refractivity contribution in [1.29, 1.82) is 0 Å². The van der Waals surface area contributed by atoms with Gasteiger partial charge < -0.3 is 0 Å². The highest BCUT2D eigenvalue weighted by atomic mass is 15.4. The maximum atomic E-state index is 4.18. The highest BCUT2D eigenvalue weighted by Crippen LogP contribution is 2.21. The first-order valence-corrected chi connectivity index (χ1v) is 6.44. The molecule has 3 aromatic rings. The second kappa shape index (κ2) is 5.06. The van der Waals surface area contributed by atoms with Crippen LogP contribution in [0.1, 0.15) is 12.5 Å². The van der Waals surface area contributed by atoms with Crippen LogP contribution in [-0.4, -0.2) is 15.0 Å². The smallest absolute Gasteiger partial charge is 0.0944 e. The number of nitrogens with zero attached hydrogens (tertiary/aromatic N) is 3. The third-order valence-electron chi connectivity index (χ3n) is 3.21. The summed E-state index contributed by atoms with van der Waals surface area (Å²) < 4.78 is 1.87. The van der Waals surface area contributed by atoms with Gasteiger partial charge in [-0.3, -0.25) is 0 Å². The lowest BCUT2D eigenvalue weighted by Crippen LogP contribution is -1.99. The molecule has 3 nitrogen and oxygen atoms in total. The molecular weight excluding hydrogens is 234 g/mol. The van der Waals surface area contributed by atoms with Crippen molar-refractivity contribution in [2.45, 2.75) is 13.3 Å². The summed E-state index contributed by atoms with van der Waals surface area (Å²) in [5.74, 6) is 0. The summed E-state index contributed by atoms with van der Waals surface area (Å²) >= 11 is 0. The van der Waals surface area contributed by atoms with Gasteiger partial charge in [-0.1, -0.05) is 54.6 Å². The molecule has 0 amide bonds. The molecule has 0 fully saturated rings. The van der Waals surface area contributed by atoms with Crippen LogP contribution in [0.2, 0.25) is 0 Å². The molecule has 0 bridgehead atoms. The van der Waals surface area contributed by atoms with E-state index in [2.05, 4.69) is 53.6 Å². The zero-order valence-corrected chi connectivity index (χ0v) is 10.8. The fourth-order valence-electron chi connectivity index (χ4n) is 2.10. The Hall–Kier alpha value is -2.42. The van der Waals surface area contributed by atoms with Gasteiger partial charge in [0.2, 0.25) is 0 Å². The molecule has 0 N–H and O–H groups in total. The van der Waals surface area contributed by atoms with Crippen LogP contribution >= 0.6 is 0 Å². The van der Waals surface area contributed by atoms with Gasteiger partial charge in [0, 0.05) is 5.56 Å². The fraction of sp³-hybridized carbons (Fsp3) is 0.125. The third-order valence-corrected chi connectivity index (χ3v) is 3.21. The number of aromatic nitrogens is 3. The predicted molar refractivity (Wildman–Crippen MR) is 76.2 cm³/mol. The van der Waals surface area contributed by atoms with Gasteiger partial charge in [0.1, 0.15) is 0 Å². The largest absolute Gasteiger partial charge is 0.213 e. The van der Waals surface area contributed by atoms with Crippen LogP contribution in [-0.2, 0) is 6.42 Å². The van der Waals surface area contributed by atoms with E-state index >= 15 is 0 Å². The van der Waals surface area contributed by atoms with E-state index < -0.39 is 0 Å². The highest BCUT2D eigenvalue weighted by molar-refractivity contribution is 5.60. The van der Waals surface area contributed by atoms with Crippen LogP contribution < -0.4 is 0 Å². The van der Waals surface area contributed by atoms with Crippen molar-refractivity contribution < 1.29 is 0 Å². The van der Waals surface area contributed by atoms with Gasteiger partial charge >= 0.3 is 0 Å². The van der Waals surface area contributed by atoms with E-state index in [1.54, 1.807) is 6.20 Å². The van der Waals surface area contributed by atoms with Gasteiger partial charge in [-0.05, 0) is 24.1 Å². The molecule has 0 aliphatic carbocycles. The van der Waals surface area contributed by atoms with Crippen LogP contribution in [0.5, 0.6) is 0 Å².